The summed E-state index contributed by atoms with van der Waals surface area (Å²) in [6, 6.07) is 8.67. The lowest BCUT2D eigenvalue weighted by atomic mass is 9.84. The van der Waals surface area contributed by atoms with Crippen LogP contribution in [0.1, 0.15) is 55.8 Å². The molecule has 2 fully saturated rings. The molecule has 0 aromatic heterocycles. The van der Waals surface area contributed by atoms with E-state index in [0.717, 1.165) is 57.6 Å². The van der Waals surface area contributed by atoms with Crippen molar-refractivity contribution in [2.75, 3.05) is 40.8 Å². The Balaban J connectivity index is 1.58. The number of hydrogen-bond donors (Lipinski definition) is 2. The van der Waals surface area contributed by atoms with Gasteiger partial charge in [0.1, 0.15) is 0 Å². The van der Waals surface area contributed by atoms with Gasteiger partial charge >= 0.3 is 0 Å². The minimum Gasteiger partial charge on any atom is -0.373 e. The van der Waals surface area contributed by atoms with Gasteiger partial charge in [0.2, 0.25) is 5.91 Å². The molecule has 2 atom stereocenters. The van der Waals surface area contributed by atoms with Crippen molar-refractivity contribution in [1.29, 1.82) is 0 Å². The van der Waals surface area contributed by atoms with E-state index in [0.29, 0.717) is 12.5 Å². The summed E-state index contributed by atoms with van der Waals surface area (Å²) in [4.78, 5) is 18.9. The summed E-state index contributed by atoms with van der Waals surface area (Å²) < 4.78 is 6.15. The normalized spacial score (nSPS) is 23.8. The smallest absolute Gasteiger partial charge is 0.230 e. The first kappa shape index (κ1) is 22.6. The first-order valence-corrected chi connectivity index (χ1v) is 11.3. The molecular weight excluding hydrogens is 376 g/mol. The van der Waals surface area contributed by atoms with E-state index >= 15 is 0 Å². The SMILES string of the molecule is CN=C(NCC1CCCOC1c1ccc(C)cc1)NCC1(C(=O)N(C)C)CCCC1. The zero-order chi connectivity index (χ0) is 21.6. The van der Waals surface area contributed by atoms with Gasteiger partial charge in [0, 0.05) is 46.8 Å². The first-order chi connectivity index (χ1) is 14.4. The highest BCUT2D eigenvalue weighted by Gasteiger charge is 2.42. The summed E-state index contributed by atoms with van der Waals surface area (Å²) in [7, 11) is 5.49. The number of carbonyl (C=O) groups is 1. The second-order valence-electron chi connectivity index (χ2n) is 9.10. The third-order valence-electron chi connectivity index (χ3n) is 6.62. The predicted octanol–water partition coefficient (Wildman–Crippen LogP) is 3.28. The van der Waals surface area contributed by atoms with Crippen molar-refractivity contribution in [2.45, 2.75) is 51.6 Å². The molecule has 0 radical (unpaired) electrons. The number of aryl methyl sites for hydroxylation is 1. The topological polar surface area (TPSA) is 66.0 Å². The van der Waals surface area contributed by atoms with Gasteiger partial charge in [-0.15, -0.1) is 0 Å². The number of aliphatic imine (C=N–C) groups is 1. The number of amides is 1. The fourth-order valence-electron chi connectivity index (χ4n) is 4.87. The molecule has 2 aliphatic rings. The van der Waals surface area contributed by atoms with Gasteiger partial charge < -0.3 is 20.3 Å². The van der Waals surface area contributed by atoms with Crippen LogP contribution < -0.4 is 10.6 Å². The number of benzene rings is 1. The molecule has 3 rings (SSSR count). The second kappa shape index (κ2) is 10.3. The maximum atomic E-state index is 12.8. The molecule has 1 aliphatic heterocycles. The van der Waals surface area contributed by atoms with Crippen LogP contribution in [0.15, 0.2) is 29.3 Å². The van der Waals surface area contributed by atoms with Crippen LogP contribution in [0.25, 0.3) is 0 Å². The lowest BCUT2D eigenvalue weighted by molar-refractivity contribution is -0.138. The molecule has 2 unspecified atom stereocenters. The third kappa shape index (κ3) is 5.34. The maximum absolute atomic E-state index is 12.8. The van der Waals surface area contributed by atoms with Crippen molar-refractivity contribution < 1.29 is 9.53 Å². The van der Waals surface area contributed by atoms with Crippen molar-refractivity contribution in [3.05, 3.63) is 35.4 Å². The van der Waals surface area contributed by atoms with E-state index in [-0.39, 0.29) is 17.4 Å². The van der Waals surface area contributed by atoms with Crippen LogP contribution in [0.2, 0.25) is 0 Å². The van der Waals surface area contributed by atoms with Crippen molar-refractivity contribution in [3.63, 3.8) is 0 Å². The standard InChI is InChI=1S/C24H38N4O2/c1-18-9-11-19(12-10-18)21-20(8-7-15-30-21)16-26-23(25-2)27-17-24(13-5-6-14-24)22(29)28(3)4/h9-12,20-21H,5-8,13-17H2,1-4H3,(H2,25,26,27). The Morgan fingerprint density at radius 1 is 1.17 bits per heavy atom. The third-order valence-corrected chi connectivity index (χ3v) is 6.62. The van der Waals surface area contributed by atoms with Gasteiger partial charge in [-0.3, -0.25) is 9.79 Å². The number of hydrogen-bond acceptors (Lipinski definition) is 3. The molecule has 1 aromatic rings. The van der Waals surface area contributed by atoms with Crippen LogP contribution in [-0.2, 0) is 9.53 Å². The number of guanidine groups is 1. The first-order valence-electron chi connectivity index (χ1n) is 11.3. The van der Waals surface area contributed by atoms with Gasteiger partial charge in [-0.25, -0.2) is 0 Å². The monoisotopic (exact) mass is 414 g/mol. The molecule has 6 heteroatoms. The molecular formula is C24H38N4O2. The van der Waals surface area contributed by atoms with E-state index in [4.69, 9.17) is 4.74 Å². The number of rotatable bonds is 6. The summed E-state index contributed by atoms with van der Waals surface area (Å²) in [5.74, 6) is 1.38. The highest BCUT2D eigenvalue weighted by molar-refractivity contribution is 5.85. The molecule has 0 bridgehead atoms. The van der Waals surface area contributed by atoms with Crippen LogP contribution in [0.4, 0.5) is 0 Å². The fourth-order valence-corrected chi connectivity index (χ4v) is 4.87. The van der Waals surface area contributed by atoms with Gasteiger partial charge in [0.05, 0.1) is 11.5 Å². The summed E-state index contributed by atoms with van der Waals surface area (Å²) in [6.45, 7) is 4.36. The Morgan fingerprint density at radius 2 is 1.87 bits per heavy atom. The van der Waals surface area contributed by atoms with E-state index in [2.05, 4.69) is 46.8 Å². The van der Waals surface area contributed by atoms with Crippen LogP contribution in [-0.4, -0.2) is 57.6 Å². The zero-order valence-electron chi connectivity index (χ0n) is 19.0. The lowest BCUT2D eigenvalue weighted by Crippen LogP contribution is -2.50. The fraction of sp³-hybridized carbons (Fsp3) is 0.667. The number of carbonyl (C=O) groups excluding carboxylic acids is 1. The minimum absolute atomic E-state index is 0.112. The molecule has 166 valence electrons. The van der Waals surface area contributed by atoms with Crippen LogP contribution in [0, 0.1) is 18.3 Å². The minimum atomic E-state index is -0.306. The molecule has 2 N–H and O–H groups in total. The number of ether oxygens (including phenoxy) is 1. The van der Waals surface area contributed by atoms with E-state index in [1.54, 1.807) is 11.9 Å². The summed E-state index contributed by atoms with van der Waals surface area (Å²) in [5.41, 5.74) is 2.21. The summed E-state index contributed by atoms with van der Waals surface area (Å²) >= 11 is 0. The van der Waals surface area contributed by atoms with Crippen molar-refractivity contribution in [1.82, 2.24) is 15.5 Å². The van der Waals surface area contributed by atoms with E-state index in [1.165, 1.54) is 11.1 Å². The van der Waals surface area contributed by atoms with E-state index in [9.17, 15) is 4.79 Å². The molecule has 30 heavy (non-hydrogen) atoms. The quantitative estimate of drug-likeness (QED) is 0.554. The van der Waals surface area contributed by atoms with E-state index in [1.807, 2.05) is 14.1 Å². The van der Waals surface area contributed by atoms with Gasteiger partial charge in [0.15, 0.2) is 5.96 Å². The molecule has 1 saturated carbocycles. The van der Waals surface area contributed by atoms with Crippen molar-refractivity contribution in [2.24, 2.45) is 16.3 Å². The Bertz CT molecular complexity index is 723. The lowest BCUT2D eigenvalue weighted by Gasteiger charge is -2.34. The Labute approximate surface area is 181 Å². The average molecular weight is 415 g/mol. The van der Waals surface area contributed by atoms with Crippen LogP contribution >= 0.6 is 0 Å². The van der Waals surface area contributed by atoms with Gasteiger partial charge in [0.25, 0.3) is 0 Å². The van der Waals surface area contributed by atoms with Gasteiger partial charge in [-0.05, 0) is 38.2 Å². The molecule has 1 saturated heterocycles. The van der Waals surface area contributed by atoms with Crippen molar-refractivity contribution >= 4 is 11.9 Å². The summed E-state index contributed by atoms with van der Waals surface area (Å²) in [5, 5.41) is 6.93. The molecule has 0 spiro atoms. The molecule has 1 aliphatic carbocycles. The van der Waals surface area contributed by atoms with Crippen LogP contribution in [0.5, 0.6) is 0 Å². The summed E-state index contributed by atoms with van der Waals surface area (Å²) in [6.07, 6.45) is 6.45. The Morgan fingerprint density at radius 3 is 2.50 bits per heavy atom. The predicted molar refractivity (Wildman–Crippen MR) is 122 cm³/mol. The van der Waals surface area contributed by atoms with E-state index < -0.39 is 0 Å². The molecule has 6 nitrogen and oxygen atoms in total. The highest BCUT2D eigenvalue weighted by atomic mass is 16.5. The second-order valence-corrected chi connectivity index (χ2v) is 9.10. The zero-order valence-corrected chi connectivity index (χ0v) is 19.0. The Hall–Kier alpha value is -2.08. The molecule has 1 heterocycles. The Kier molecular flexibility index (Phi) is 7.75. The maximum Gasteiger partial charge on any atom is 0.230 e. The average Bonchev–Trinajstić information content (AvgIpc) is 3.24. The van der Waals surface area contributed by atoms with Crippen molar-refractivity contribution in [3.8, 4) is 0 Å². The molecule has 1 aromatic carbocycles. The highest BCUT2D eigenvalue weighted by Crippen LogP contribution is 2.39. The van der Waals surface area contributed by atoms with Gasteiger partial charge in [-0.2, -0.15) is 0 Å². The molecule has 1 amide bonds. The number of nitrogens with zero attached hydrogens (tertiary/aromatic N) is 2. The van der Waals surface area contributed by atoms with Crippen LogP contribution in [0.3, 0.4) is 0 Å². The van der Waals surface area contributed by atoms with Gasteiger partial charge in [-0.1, -0.05) is 42.7 Å². The largest absolute Gasteiger partial charge is 0.373 e. The number of nitrogens with one attached hydrogen (secondary N) is 2.